The number of hydrogen-bond donors (Lipinski definition) is 0. The molecule has 0 saturated carbocycles. The van der Waals surface area contributed by atoms with E-state index in [0.717, 1.165) is 33.5 Å². The molecule has 0 unspecified atom stereocenters. The largest absolute Gasteiger partial charge is 0.268 e. The van der Waals surface area contributed by atoms with Crippen LogP contribution in [0.15, 0.2) is 95.9 Å². The number of fused-ring (bicyclic) bond motifs is 1. The molecule has 0 N–H and O–H groups in total. The molecule has 0 bridgehead atoms. The molecular weight excluding hydrogens is 408 g/mol. The minimum Gasteiger partial charge on any atom is -0.268 e. The zero-order chi connectivity index (χ0) is 22.8. The van der Waals surface area contributed by atoms with Crippen molar-refractivity contribution in [3.05, 3.63) is 113 Å². The van der Waals surface area contributed by atoms with Crippen molar-refractivity contribution in [2.75, 3.05) is 0 Å². The van der Waals surface area contributed by atoms with Crippen LogP contribution in [0, 0.1) is 11.8 Å². The van der Waals surface area contributed by atoms with Gasteiger partial charge in [0.25, 0.3) is 5.56 Å². The first-order chi connectivity index (χ1) is 16.1. The fourth-order valence-corrected chi connectivity index (χ4v) is 3.77. The Labute approximate surface area is 192 Å². The molecule has 5 nitrogen and oxygen atoms in total. The van der Waals surface area contributed by atoms with Gasteiger partial charge in [-0.2, -0.15) is 10.2 Å². The molecule has 0 aliphatic rings. The van der Waals surface area contributed by atoms with Gasteiger partial charge in [0.15, 0.2) is 0 Å². The number of rotatable bonds is 3. The lowest BCUT2D eigenvalue weighted by molar-refractivity contribution is 0.505. The molecule has 0 radical (unpaired) electrons. The minimum atomic E-state index is -0.124. The summed E-state index contributed by atoms with van der Waals surface area (Å²) in [6, 6.07) is 27.2. The Balaban J connectivity index is 1.73. The normalized spacial score (nSPS) is 10.9. The van der Waals surface area contributed by atoms with Crippen LogP contribution in [0.4, 0.5) is 0 Å². The number of nitrogens with zero attached hydrogens (tertiary/aromatic N) is 4. The standard InChI is InChI=1S/C28H22N4O/c1-20(2)32-26(33)16-15-24(29-32)27-25-19-22(14-13-21-9-5-3-6-10-21)17-18-31(25)30-28(27)23-11-7-4-8-12-23/h3-12,15-20H,1-2H3. The molecule has 5 aromatic rings. The van der Waals surface area contributed by atoms with Crippen LogP contribution in [0.2, 0.25) is 0 Å². The van der Waals surface area contributed by atoms with Crippen molar-refractivity contribution in [1.29, 1.82) is 0 Å². The summed E-state index contributed by atoms with van der Waals surface area (Å²) in [5, 5.41) is 9.55. The Hall–Kier alpha value is -4.43. The highest BCUT2D eigenvalue weighted by Crippen LogP contribution is 2.34. The van der Waals surface area contributed by atoms with Crippen LogP contribution in [-0.2, 0) is 0 Å². The summed E-state index contributed by atoms with van der Waals surface area (Å²) < 4.78 is 3.35. The smallest absolute Gasteiger partial charge is 0.267 e. The van der Waals surface area contributed by atoms with Crippen LogP contribution in [0.5, 0.6) is 0 Å². The van der Waals surface area contributed by atoms with Gasteiger partial charge in [-0.25, -0.2) is 9.20 Å². The van der Waals surface area contributed by atoms with E-state index in [0.29, 0.717) is 5.69 Å². The topological polar surface area (TPSA) is 52.2 Å². The Morgan fingerprint density at radius 3 is 2.21 bits per heavy atom. The van der Waals surface area contributed by atoms with E-state index in [4.69, 9.17) is 5.10 Å². The van der Waals surface area contributed by atoms with Crippen LogP contribution in [-0.4, -0.2) is 19.4 Å². The van der Waals surface area contributed by atoms with Crippen LogP contribution >= 0.6 is 0 Å². The molecule has 0 spiro atoms. The molecule has 0 saturated heterocycles. The lowest BCUT2D eigenvalue weighted by Crippen LogP contribution is -2.23. The Kier molecular flexibility index (Phi) is 5.34. The highest BCUT2D eigenvalue weighted by Gasteiger charge is 2.19. The molecular formula is C28H22N4O. The van der Waals surface area contributed by atoms with Crippen molar-refractivity contribution >= 4 is 5.52 Å². The fourth-order valence-electron chi connectivity index (χ4n) is 3.77. The van der Waals surface area contributed by atoms with Gasteiger partial charge < -0.3 is 0 Å². The summed E-state index contributed by atoms with van der Waals surface area (Å²) >= 11 is 0. The first-order valence-electron chi connectivity index (χ1n) is 10.9. The van der Waals surface area contributed by atoms with E-state index in [1.807, 2.05) is 97.4 Å². The molecule has 0 atom stereocenters. The van der Waals surface area contributed by atoms with Gasteiger partial charge in [-0.3, -0.25) is 4.79 Å². The zero-order valence-electron chi connectivity index (χ0n) is 18.4. The molecule has 3 heterocycles. The summed E-state index contributed by atoms with van der Waals surface area (Å²) in [6.07, 6.45) is 1.92. The van der Waals surface area contributed by atoms with Crippen molar-refractivity contribution in [2.45, 2.75) is 19.9 Å². The third-order valence-electron chi connectivity index (χ3n) is 5.38. The monoisotopic (exact) mass is 430 g/mol. The number of benzene rings is 2. The first-order valence-corrected chi connectivity index (χ1v) is 10.9. The van der Waals surface area contributed by atoms with Crippen molar-refractivity contribution in [3.8, 4) is 34.4 Å². The van der Waals surface area contributed by atoms with Crippen molar-refractivity contribution in [3.63, 3.8) is 0 Å². The maximum absolute atomic E-state index is 12.3. The summed E-state index contributed by atoms with van der Waals surface area (Å²) in [7, 11) is 0. The average Bonchev–Trinajstić information content (AvgIpc) is 3.23. The molecule has 0 aliphatic heterocycles. The van der Waals surface area contributed by atoms with Crippen molar-refractivity contribution in [2.24, 2.45) is 0 Å². The van der Waals surface area contributed by atoms with E-state index >= 15 is 0 Å². The van der Waals surface area contributed by atoms with Gasteiger partial charge in [-0.05, 0) is 44.2 Å². The van der Waals surface area contributed by atoms with E-state index in [2.05, 4.69) is 16.9 Å². The lowest BCUT2D eigenvalue weighted by Gasteiger charge is -2.10. The van der Waals surface area contributed by atoms with E-state index in [1.165, 1.54) is 4.68 Å². The fraction of sp³-hybridized carbons (Fsp3) is 0.107. The van der Waals surface area contributed by atoms with Gasteiger partial charge in [0.2, 0.25) is 0 Å². The van der Waals surface area contributed by atoms with E-state index in [9.17, 15) is 4.79 Å². The first kappa shape index (κ1) is 20.5. The quantitative estimate of drug-likeness (QED) is 0.370. The third-order valence-corrected chi connectivity index (χ3v) is 5.38. The predicted molar refractivity (Wildman–Crippen MR) is 131 cm³/mol. The van der Waals surface area contributed by atoms with Crippen LogP contribution in [0.1, 0.15) is 31.0 Å². The van der Waals surface area contributed by atoms with Gasteiger partial charge in [0.05, 0.1) is 22.8 Å². The molecule has 0 aliphatic carbocycles. The lowest BCUT2D eigenvalue weighted by atomic mass is 10.0. The molecule has 2 aromatic carbocycles. The Morgan fingerprint density at radius 1 is 0.788 bits per heavy atom. The van der Waals surface area contributed by atoms with Gasteiger partial charge in [0.1, 0.15) is 5.69 Å². The second kappa shape index (κ2) is 8.60. The highest BCUT2D eigenvalue weighted by molar-refractivity contribution is 5.91. The second-order valence-corrected chi connectivity index (χ2v) is 8.05. The highest BCUT2D eigenvalue weighted by atomic mass is 16.1. The minimum absolute atomic E-state index is 0.0493. The number of hydrogen-bond acceptors (Lipinski definition) is 3. The SMILES string of the molecule is CC(C)n1nc(-c2c(-c3ccccc3)nn3ccc(C#Cc4ccccc4)cc23)ccc1=O. The third kappa shape index (κ3) is 4.07. The maximum atomic E-state index is 12.3. The molecule has 0 amide bonds. The molecule has 0 fully saturated rings. The maximum Gasteiger partial charge on any atom is 0.267 e. The summed E-state index contributed by atoms with van der Waals surface area (Å²) in [5.74, 6) is 6.47. The molecule has 3 aromatic heterocycles. The molecule has 5 heteroatoms. The molecule has 5 rings (SSSR count). The van der Waals surface area contributed by atoms with Crippen LogP contribution < -0.4 is 5.56 Å². The Morgan fingerprint density at radius 2 is 1.48 bits per heavy atom. The van der Waals surface area contributed by atoms with Crippen LogP contribution in [0.3, 0.4) is 0 Å². The molecule has 33 heavy (non-hydrogen) atoms. The van der Waals surface area contributed by atoms with E-state index < -0.39 is 0 Å². The molecule has 160 valence electrons. The average molecular weight is 431 g/mol. The van der Waals surface area contributed by atoms with Gasteiger partial charge in [0, 0.05) is 29.0 Å². The number of aromatic nitrogens is 4. The summed E-state index contributed by atoms with van der Waals surface area (Å²) in [4.78, 5) is 12.3. The summed E-state index contributed by atoms with van der Waals surface area (Å²) in [5.41, 5.74) is 5.97. The van der Waals surface area contributed by atoms with Gasteiger partial charge >= 0.3 is 0 Å². The summed E-state index contributed by atoms with van der Waals surface area (Å²) in [6.45, 7) is 3.90. The van der Waals surface area contributed by atoms with Crippen molar-refractivity contribution in [1.82, 2.24) is 19.4 Å². The van der Waals surface area contributed by atoms with E-state index in [1.54, 1.807) is 12.1 Å². The van der Waals surface area contributed by atoms with Crippen molar-refractivity contribution < 1.29 is 0 Å². The predicted octanol–water partition coefficient (Wildman–Crippen LogP) is 5.21. The Bertz CT molecular complexity index is 1550. The second-order valence-electron chi connectivity index (χ2n) is 8.05. The number of pyridine rings is 1. The van der Waals surface area contributed by atoms with Gasteiger partial charge in [-0.1, -0.05) is 60.4 Å². The zero-order valence-corrected chi connectivity index (χ0v) is 18.4. The van der Waals surface area contributed by atoms with Gasteiger partial charge in [-0.15, -0.1) is 0 Å². The van der Waals surface area contributed by atoms with E-state index in [-0.39, 0.29) is 11.6 Å². The van der Waals surface area contributed by atoms with Crippen LogP contribution in [0.25, 0.3) is 28.0 Å².